The third-order valence-electron chi connectivity index (χ3n) is 2.19. The number of rotatable bonds is 3. The molecule has 3 N–H and O–H groups in total. The molecule has 1 aromatic heterocycles. The van der Waals surface area contributed by atoms with E-state index in [2.05, 4.69) is 9.71 Å². The molecule has 0 radical (unpaired) electrons. The zero-order valence-corrected chi connectivity index (χ0v) is 9.99. The summed E-state index contributed by atoms with van der Waals surface area (Å²) in [5.41, 5.74) is 5.79. The van der Waals surface area contributed by atoms with Gasteiger partial charge in [0.1, 0.15) is 5.82 Å². The Bertz CT molecular complexity index is 656. The Morgan fingerprint density at radius 3 is 2.44 bits per heavy atom. The van der Waals surface area contributed by atoms with Crippen LogP contribution in [-0.4, -0.2) is 13.4 Å². The summed E-state index contributed by atoms with van der Waals surface area (Å²) in [5, 5.41) is 0. The Labute approximate surface area is 104 Å². The van der Waals surface area contributed by atoms with E-state index in [4.69, 9.17) is 5.73 Å². The van der Waals surface area contributed by atoms with Crippen LogP contribution < -0.4 is 10.5 Å². The van der Waals surface area contributed by atoms with Gasteiger partial charge in [0.2, 0.25) is 0 Å². The number of hydrogen-bond donors (Lipinski definition) is 2. The minimum atomic E-state index is -3.81. The molecule has 2 aromatic rings. The van der Waals surface area contributed by atoms with Gasteiger partial charge in [0, 0.05) is 6.20 Å². The summed E-state index contributed by atoms with van der Waals surface area (Å²) in [6, 6.07) is 7.57. The molecule has 2 rings (SSSR count). The minimum absolute atomic E-state index is 0.0434. The van der Waals surface area contributed by atoms with E-state index in [-0.39, 0.29) is 16.4 Å². The van der Waals surface area contributed by atoms with Crippen LogP contribution in [0.25, 0.3) is 0 Å². The van der Waals surface area contributed by atoms with Crippen LogP contribution >= 0.6 is 0 Å². The van der Waals surface area contributed by atoms with Crippen molar-refractivity contribution in [2.45, 2.75) is 4.90 Å². The Kier molecular flexibility index (Phi) is 3.15. The van der Waals surface area contributed by atoms with Gasteiger partial charge < -0.3 is 5.73 Å². The van der Waals surface area contributed by atoms with Crippen molar-refractivity contribution in [2.75, 3.05) is 10.5 Å². The summed E-state index contributed by atoms with van der Waals surface area (Å²) >= 11 is 0. The van der Waals surface area contributed by atoms with Crippen molar-refractivity contribution < 1.29 is 12.8 Å². The van der Waals surface area contributed by atoms with E-state index >= 15 is 0 Å². The maximum Gasteiger partial charge on any atom is 0.263 e. The lowest BCUT2D eigenvalue weighted by Gasteiger charge is -2.08. The number of nitrogens with zero attached hydrogens (tertiary/aromatic N) is 1. The number of nitrogens with one attached hydrogen (secondary N) is 1. The molecular weight excluding hydrogens is 257 g/mol. The fourth-order valence-electron chi connectivity index (χ4n) is 1.30. The number of benzene rings is 1. The quantitative estimate of drug-likeness (QED) is 0.884. The number of pyridine rings is 1. The maximum absolute atomic E-state index is 12.7. The molecule has 0 fully saturated rings. The summed E-state index contributed by atoms with van der Waals surface area (Å²) in [6.45, 7) is 0. The number of hydrogen-bond acceptors (Lipinski definition) is 4. The second-order valence-electron chi connectivity index (χ2n) is 3.50. The number of halogens is 1. The van der Waals surface area contributed by atoms with Gasteiger partial charge in [-0.3, -0.25) is 4.72 Å². The fraction of sp³-hybridized carbons (Fsp3) is 0. The Hall–Kier alpha value is -2.15. The van der Waals surface area contributed by atoms with Crippen molar-refractivity contribution in [3.05, 3.63) is 48.4 Å². The minimum Gasteiger partial charge on any atom is -0.396 e. The highest BCUT2D eigenvalue weighted by molar-refractivity contribution is 7.92. The predicted molar refractivity (Wildman–Crippen MR) is 65.9 cm³/mol. The number of nitrogens with two attached hydrogens (primary N) is 1. The number of aromatic nitrogens is 1. The number of nitrogen functional groups attached to an aromatic ring is 1. The molecule has 0 aliphatic carbocycles. The van der Waals surface area contributed by atoms with Gasteiger partial charge in [0.25, 0.3) is 10.0 Å². The largest absolute Gasteiger partial charge is 0.396 e. The van der Waals surface area contributed by atoms with Crippen molar-refractivity contribution >= 4 is 21.5 Å². The van der Waals surface area contributed by atoms with E-state index < -0.39 is 15.8 Å². The maximum atomic E-state index is 12.7. The molecule has 0 atom stereocenters. The van der Waals surface area contributed by atoms with Gasteiger partial charge in [-0.05, 0) is 36.4 Å². The first-order valence-corrected chi connectivity index (χ1v) is 6.46. The van der Waals surface area contributed by atoms with Crippen LogP contribution in [0.1, 0.15) is 0 Å². The molecular formula is C11H10FN3O2S. The van der Waals surface area contributed by atoms with Crippen LogP contribution in [0.2, 0.25) is 0 Å². The molecule has 0 spiro atoms. The average Bonchev–Trinajstić information content (AvgIpc) is 2.32. The third-order valence-corrected chi connectivity index (χ3v) is 3.55. The van der Waals surface area contributed by atoms with Crippen molar-refractivity contribution in [2.24, 2.45) is 0 Å². The van der Waals surface area contributed by atoms with Crippen molar-refractivity contribution in [1.82, 2.24) is 4.98 Å². The van der Waals surface area contributed by atoms with Crippen LogP contribution in [0.5, 0.6) is 0 Å². The number of anilines is 2. The van der Waals surface area contributed by atoms with Gasteiger partial charge in [0.05, 0.1) is 10.6 Å². The summed E-state index contributed by atoms with van der Waals surface area (Å²) in [5.74, 6) is -0.465. The van der Waals surface area contributed by atoms with Gasteiger partial charge >= 0.3 is 0 Å². The molecule has 1 heterocycles. The van der Waals surface area contributed by atoms with E-state index in [0.717, 1.165) is 24.3 Å². The number of sulfonamides is 1. The van der Waals surface area contributed by atoms with Gasteiger partial charge in [-0.25, -0.2) is 17.8 Å². The zero-order chi connectivity index (χ0) is 13.2. The third kappa shape index (κ3) is 2.57. The predicted octanol–water partition coefficient (Wildman–Crippen LogP) is 1.60. The molecule has 7 heteroatoms. The SMILES string of the molecule is Nc1cccnc1NS(=O)(=O)c1ccc(F)cc1. The van der Waals surface area contributed by atoms with Gasteiger partial charge in [0.15, 0.2) is 5.82 Å². The van der Waals surface area contributed by atoms with Gasteiger partial charge in [-0.1, -0.05) is 0 Å². The van der Waals surface area contributed by atoms with Crippen molar-refractivity contribution in [3.8, 4) is 0 Å². The van der Waals surface area contributed by atoms with E-state index in [1.54, 1.807) is 6.07 Å². The summed E-state index contributed by atoms with van der Waals surface area (Å²) < 4.78 is 38.8. The smallest absolute Gasteiger partial charge is 0.263 e. The first-order chi connectivity index (χ1) is 8.49. The molecule has 0 bridgehead atoms. The van der Waals surface area contributed by atoms with Crippen LogP contribution in [-0.2, 0) is 10.0 Å². The standard InChI is InChI=1S/C11H10FN3O2S/c12-8-3-5-9(6-4-8)18(16,17)15-11-10(13)2-1-7-14-11/h1-7H,13H2,(H,14,15). The van der Waals surface area contributed by atoms with E-state index in [1.807, 2.05) is 0 Å². The zero-order valence-electron chi connectivity index (χ0n) is 9.17. The first-order valence-electron chi connectivity index (χ1n) is 4.98. The molecule has 0 saturated heterocycles. The van der Waals surface area contributed by atoms with E-state index in [0.29, 0.717) is 0 Å². The summed E-state index contributed by atoms with van der Waals surface area (Å²) in [7, 11) is -3.81. The topological polar surface area (TPSA) is 85.1 Å². The molecule has 0 saturated carbocycles. The van der Waals surface area contributed by atoms with Crippen LogP contribution in [0, 0.1) is 5.82 Å². The molecule has 5 nitrogen and oxygen atoms in total. The van der Waals surface area contributed by atoms with Crippen molar-refractivity contribution in [1.29, 1.82) is 0 Å². The van der Waals surface area contributed by atoms with Crippen LogP contribution in [0.15, 0.2) is 47.5 Å². The average molecular weight is 267 g/mol. The van der Waals surface area contributed by atoms with E-state index in [9.17, 15) is 12.8 Å². The highest BCUT2D eigenvalue weighted by atomic mass is 32.2. The van der Waals surface area contributed by atoms with Crippen LogP contribution in [0.3, 0.4) is 0 Å². The second-order valence-corrected chi connectivity index (χ2v) is 5.18. The molecule has 0 aliphatic heterocycles. The lowest BCUT2D eigenvalue weighted by atomic mass is 10.4. The molecule has 0 amide bonds. The monoisotopic (exact) mass is 267 g/mol. The van der Waals surface area contributed by atoms with E-state index in [1.165, 1.54) is 12.3 Å². The molecule has 18 heavy (non-hydrogen) atoms. The Balaban J connectivity index is 2.33. The second kappa shape index (κ2) is 4.61. The molecule has 1 aromatic carbocycles. The van der Waals surface area contributed by atoms with Crippen LogP contribution in [0.4, 0.5) is 15.9 Å². The Morgan fingerprint density at radius 2 is 1.83 bits per heavy atom. The molecule has 0 unspecified atom stereocenters. The first kappa shape index (κ1) is 12.3. The summed E-state index contributed by atoms with van der Waals surface area (Å²) in [6.07, 6.45) is 1.42. The van der Waals surface area contributed by atoms with Crippen molar-refractivity contribution in [3.63, 3.8) is 0 Å². The van der Waals surface area contributed by atoms with Gasteiger partial charge in [-0.15, -0.1) is 0 Å². The lowest BCUT2D eigenvalue weighted by Crippen LogP contribution is -2.15. The highest BCUT2D eigenvalue weighted by Crippen LogP contribution is 2.19. The normalized spacial score (nSPS) is 11.2. The fourth-order valence-corrected chi connectivity index (χ4v) is 2.34. The molecule has 0 aliphatic rings. The highest BCUT2D eigenvalue weighted by Gasteiger charge is 2.15. The lowest BCUT2D eigenvalue weighted by molar-refractivity contribution is 0.599. The molecule has 94 valence electrons. The summed E-state index contributed by atoms with van der Waals surface area (Å²) in [4.78, 5) is 3.76. The Morgan fingerprint density at radius 1 is 1.17 bits per heavy atom. The van der Waals surface area contributed by atoms with Gasteiger partial charge in [-0.2, -0.15) is 0 Å².